The summed E-state index contributed by atoms with van der Waals surface area (Å²) in [6, 6.07) is 4.81. The average Bonchev–Trinajstić information content (AvgIpc) is 3.19. The van der Waals surface area contributed by atoms with E-state index in [9.17, 15) is 18.0 Å². The molecule has 0 radical (unpaired) electrons. The second-order valence-electron chi connectivity index (χ2n) is 5.81. The smallest absolute Gasteiger partial charge is 0.245 e. The first-order chi connectivity index (χ1) is 10.9. The fourth-order valence-electron chi connectivity index (χ4n) is 3.19. The number of nitrogens with zero attached hydrogens (tertiary/aromatic N) is 3. The third kappa shape index (κ3) is 2.09. The van der Waals surface area contributed by atoms with E-state index in [1.165, 1.54) is 10.4 Å². The molecule has 8 nitrogen and oxygen atoms in total. The lowest BCUT2D eigenvalue weighted by molar-refractivity contribution is -0.128. The number of amides is 2. The van der Waals surface area contributed by atoms with Crippen molar-refractivity contribution in [3.8, 4) is 0 Å². The average molecular weight is 352 g/mol. The van der Waals surface area contributed by atoms with Crippen molar-refractivity contribution in [1.82, 2.24) is 18.4 Å². The fraction of sp³-hybridized carbons (Fsp3) is 0.385. The van der Waals surface area contributed by atoms with Crippen LogP contribution in [0.1, 0.15) is 12.8 Å². The second-order valence-corrected chi connectivity index (χ2v) is 8.25. The molecule has 3 heterocycles. The van der Waals surface area contributed by atoms with Gasteiger partial charge in [-0.1, -0.05) is 6.07 Å². The van der Waals surface area contributed by atoms with Crippen LogP contribution < -0.4 is 5.32 Å². The van der Waals surface area contributed by atoms with Crippen LogP contribution in [0.2, 0.25) is 0 Å². The maximum Gasteiger partial charge on any atom is 0.245 e. The molecule has 2 aliphatic heterocycles. The zero-order chi connectivity index (χ0) is 16.2. The van der Waals surface area contributed by atoms with Crippen molar-refractivity contribution in [3.63, 3.8) is 0 Å². The van der Waals surface area contributed by atoms with Gasteiger partial charge in [-0.05, 0) is 18.6 Å². The highest BCUT2D eigenvalue weighted by Gasteiger charge is 2.53. The molecule has 2 aliphatic rings. The number of hydrogen-bond acceptors (Lipinski definition) is 7. The van der Waals surface area contributed by atoms with Crippen LogP contribution in [-0.2, 0) is 19.6 Å². The predicted molar refractivity (Wildman–Crippen MR) is 81.0 cm³/mol. The third-order valence-electron chi connectivity index (χ3n) is 4.42. The van der Waals surface area contributed by atoms with Crippen molar-refractivity contribution >= 4 is 44.6 Å². The Balaban J connectivity index is 1.72. The van der Waals surface area contributed by atoms with Crippen LogP contribution in [0.4, 0.5) is 0 Å². The van der Waals surface area contributed by atoms with Crippen molar-refractivity contribution in [3.05, 3.63) is 18.2 Å². The van der Waals surface area contributed by atoms with E-state index < -0.39 is 15.4 Å². The molecule has 0 aliphatic carbocycles. The van der Waals surface area contributed by atoms with E-state index in [0.29, 0.717) is 17.5 Å². The third-order valence-corrected chi connectivity index (χ3v) is 6.84. The van der Waals surface area contributed by atoms with Gasteiger partial charge in [-0.2, -0.15) is 13.1 Å². The highest BCUT2D eigenvalue weighted by Crippen LogP contribution is 2.40. The van der Waals surface area contributed by atoms with E-state index in [0.717, 1.165) is 11.7 Å². The van der Waals surface area contributed by atoms with Crippen molar-refractivity contribution < 1.29 is 18.0 Å². The van der Waals surface area contributed by atoms with Gasteiger partial charge in [0.2, 0.25) is 21.8 Å². The fourth-order valence-corrected chi connectivity index (χ4v) is 5.47. The Labute approximate surface area is 135 Å². The molecule has 23 heavy (non-hydrogen) atoms. The SMILES string of the molecule is O=C1CC2(CCN(S(=O)(=O)c3cccc4nsnc34)C2)C(=O)N1. The largest absolute Gasteiger partial charge is 0.296 e. The Hall–Kier alpha value is -1.91. The number of carbonyl (C=O) groups is 2. The summed E-state index contributed by atoms with van der Waals surface area (Å²) in [6.45, 7) is 0.220. The molecule has 2 fully saturated rings. The molecular weight excluding hydrogens is 340 g/mol. The number of fused-ring (bicyclic) bond motifs is 1. The first kappa shape index (κ1) is 14.7. The molecule has 1 aromatic carbocycles. The summed E-state index contributed by atoms with van der Waals surface area (Å²) < 4.78 is 35.2. The Kier molecular flexibility index (Phi) is 3.06. The molecule has 2 saturated heterocycles. The quantitative estimate of drug-likeness (QED) is 0.769. The van der Waals surface area contributed by atoms with Crippen LogP contribution in [-0.4, -0.2) is 46.4 Å². The topological polar surface area (TPSA) is 109 Å². The minimum atomic E-state index is -3.79. The van der Waals surface area contributed by atoms with Crippen molar-refractivity contribution in [2.75, 3.05) is 13.1 Å². The number of carbonyl (C=O) groups excluding carboxylic acids is 2. The minimum absolute atomic E-state index is 0.0147. The molecule has 4 rings (SSSR count). The summed E-state index contributed by atoms with van der Waals surface area (Å²) >= 11 is 0.953. The summed E-state index contributed by atoms with van der Waals surface area (Å²) in [7, 11) is -3.79. The first-order valence-electron chi connectivity index (χ1n) is 6.98. The van der Waals surface area contributed by atoms with Crippen LogP contribution in [0, 0.1) is 5.41 Å². The molecule has 0 bridgehead atoms. The van der Waals surface area contributed by atoms with Gasteiger partial charge >= 0.3 is 0 Å². The first-order valence-corrected chi connectivity index (χ1v) is 9.15. The standard InChI is InChI=1S/C13H12N4O4S2/c18-10-6-13(12(19)14-10)4-5-17(7-13)23(20,21)9-3-1-2-8-11(9)16-22-15-8/h1-3H,4-7H2,(H,14,18,19). The number of imide groups is 1. The molecule has 2 amide bonds. The molecule has 1 atom stereocenters. The second kappa shape index (κ2) is 4.79. The zero-order valence-corrected chi connectivity index (χ0v) is 13.5. The van der Waals surface area contributed by atoms with Gasteiger partial charge in [0.05, 0.1) is 17.1 Å². The molecule has 120 valence electrons. The van der Waals surface area contributed by atoms with Crippen molar-refractivity contribution in [2.24, 2.45) is 5.41 Å². The Morgan fingerprint density at radius 2 is 2.09 bits per heavy atom. The monoisotopic (exact) mass is 352 g/mol. The van der Waals surface area contributed by atoms with E-state index in [1.54, 1.807) is 12.1 Å². The molecule has 10 heteroatoms. The number of aromatic nitrogens is 2. The van der Waals surface area contributed by atoms with Gasteiger partial charge < -0.3 is 0 Å². The van der Waals surface area contributed by atoms with Gasteiger partial charge in [0, 0.05) is 19.5 Å². The number of nitrogens with one attached hydrogen (secondary N) is 1. The van der Waals surface area contributed by atoms with E-state index in [1.807, 2.05) is 0 Å². The lowest BCUT2D eigenvalue weighted by Gasteiger charge is -2.20. The zero-order valence-electron chi connectivity index (χ0n) is 11.9. The molecule has 0 saturated carbocycles. The lowest BCUT2D eigenvalue weighted by atomic mass is 9.86. The van der Waals surface area contributed by atoms with Gasteiger partial charge in [-0.25, -0.2) is 8.42 Å². The Morgan fingerprint density at radius 1 is 1.26 bits per heavy atom. The minimum Gasteiger partial charge on any atom is -0.296 e. The number of hydrogen-bond donors (Lipinski definition) is 1. The van der Waals surface area contributed by atoms with Crippen LogP contribution >= 0.6 is 11.7 Å². The summed E-state index contributed by atoms with van der Waals surface area (Å²) in [5.41, 5.74) is -0.0672. The summed E-state index contributed by atoms with van der Waals surface area (Å²) in [6.07, 6.45) is 0.384. The van der Waals surface area contributed by atoms with Gasteiger partial charge in [0.1, 0.15) is 15.9 Å². The molecule has 1 unspecified atom stereocenters. The molecule has 1 aromatic heterocycles. The lowest BCUT2D eigenvalue weighted by Crippen LogP contribution is -2.36. The van der Waals surface area contributed by atoms with Gasteiger partial charge in [-0.3, -0.25) is 14.9 Å². The van der Waals surface area contributed by atoms with Crippen LogP contribution in [0.25, 0.3) is 11.0 Å². The van der Waals surface area contributed by atoms with E-state index in [-0.39, 0.29) is 36.2 Å². The summed E-state index contributed by atoms with van der Waals surface area (Å²) in [5.74, 6) is -0.728. The summed E-state index contributed by atoms with van der Waals surface area (Å²) in [4.78, 5) is 23.6. The van der Waals surface area contributed by atoms with Crippen LogP contribution in [0.15, 0.2) is 23.1 Å². The van der Waals surface area contributed by atoms with E-state index >= 15 is 0 Å². The van der Waals surface area contributed by atoms with E-state index in [4.69, 9.17) is 0 Å². The normalized spacial score (nSPS) is 25.6. The van der Waals surface area contributed by atoms with Gasteiger partial charge in [0.15, 0.2) is 0 Å². The Bertz CT molecular complexity index is 938. The van der Waals surface area contributed by atoms with Crippen LogP contribution in [0.5, 0.6) is 0 Å². The highest BCUT2D eigenvalue weighted by atomic mass is 32.2. The van der Waals surface area contributed by atoms with E-state index in [2.05, 4.69) is 14.1 Å². The van der Waals surface area contributed by atoms with Gasteiger partial charge in [-0.15, -0.1) is 0 Å². The molecular formula is C13H12N4O4S2. The number of sulfonamides is 1. The predicted octanol–water partition coefficient (Wildman–Crippen LogP) is 0.119. The molecule has 1 spiro atoms. The van der Waals surface area contributed by atoms with Crippen molar-refractivity contribution in [2.45, 2.75) is 17.7 Å². The van der Waals surface area contributed by atoms with Crippen LogP contribution in [0.3, 0.4) is 0 Å². The van der Waals surface area contributed by atoms with Crippen molar-refractivity contribution in [1.29, 1.82) is 0 Å². The maximum atomic E-state index is 12.9. The Morgan fingerprint density at radius 3 is 2.83 bits per heavy atom. The van der Waals surface area contributed by atoms with Gasteiger partial charge in [0.25, 0.3) is 0 Å². The highest BCUT2D eigenvalue weighted by molar-refractivity contribution is 7.89. The number of benzene rings is 1. The number of rotatable bonds is 2. The maximum absolute atomic E-state index is 12.9. The summed E-state index contributed by atoms with van der Waals surface area (Å²) in [5, 5.41) is 2.27. The molecule has 2 aromatic rings. The molecule has 1 N–H and O–H groups in total.